The Bertz CT molecular complexity index is 287. The lowest BCUT2D eigenvalue weighted by Crippen LogP contribution is -2.25. The van der Waals surface area contributed by atoms with E-state index in [1.807, 2.05) is 17.9 Å². The molecule has 0 aliphatic heterocycles. The Hall–Kier alpha value is -0.390. The zero-order chi connectivity index (χ0) is 12.0. The molecule has 0 spiro atoms. The summed E-state index contributed by atoms with van der Waals surface area (Å²) >= 11 is 3.54. The molecule has 1 atom stereocenters. The minimum absolute atomic E-state index is 0.293. The van der Waals surface area contributed by atoms with Gasteiger partial charge < -0.3 is 10.1 Å². The molecule has 1 rings (SSSR count). The molecule has 4 nitrogen and oxygen atoms in total. The van der Waals surface area contributed by atoms with Crippen LogP contribution >= 0.6 is 15.9 Å². The number of methoxy groups -OCH3 is 1. The van der Waals surface area contributed by atoms with Crippen LogP contribution in [0.1, 0.15) is 31.5 Å². The molecule has 0 aliphatic carbocycles. The monoisotopic (exact) mass is 289 g/mol. The molecule has 16 heavy (non-hydrogen) atoms. The zero-order valence-electron chi connectivity index (χ0n) is 10.2. The topological polar surface area (TPSA) is 39.1 Å². The van der Waals surface area contributed by atoms with E-state index in [1.165, 1.54) is 5.69 Å². The van der Waals surface area contributed by atoms with E-state index in [-0.39, 0.29) is 0 Å². The highest BCUT2D eigenvalue weighted by atomic mass is 79.9. The Morgan fingerprint density at radius 1 is 1.62 bits per heavy atom. The van der Waals surface area contributed by atoms with E-state index in [9.17, 15) is 0 Å². The maximum absolute atomic E-state index is 5.15. The molecule has 1 aromatic heterocycles. The van der Waals surface area contributed by atoms with Gasteiger partial charge in [0.2, 0.25) is 0 Å². The summed E-state index contributed by atoms with van der Waals surface area (Å²) in [5.74, 6) is 0. The van der Waals surface area contributed by atoms with Crippen molar-refractivity contribution in [3.05, 3.63) is 16.4 Å². The first-order chi connectivity index (χ1) is 7.70. The van der Waals surface area contributed by atoms with E-state index in [0.717, 1.165) is 30.5 Å². The summed E-state index contributed by atoms with van der Waals surface area (Å²) in [5.41, 5.74) is 1.19. The van der Waals surface area contributed by atoms with Gasteiger partial charge in [-0.3, -0.25) is 4.68 Å². The largest absolute Gasteiger partial charge is 0.385 e. The summed E-state index contributed by atoms with van der Waals surface area (Å²) in [5, 5.41) is 7.76. The number of halogens is 1. The smallest absolute Gasteiger partial charge is 0.0693 e. The molecule has 0 radical (unpaired) electrons. The standard InChI is InChI=1S/C11H20BrN3O/c1-4-6-13-10(5-7-16-3)11-9(12)8-14-15(11)2/h8,10,13H,4-7H2,1-3H3. The van der Waals surface area contributed by atoms with Crippen LogP contribution in [-0.4, -0.2) is 30.0 Å². The number of hydrogen-bond donors (Lipinski definition) is 1. The van der Waals surface area contributed by atoms with Crippen LogP contribution in [-0.2, 0) is 11.8 Å². The molecule has 0 aliphatic rings. The van der Waals surface area contributed by atoms with Crippen LogP contribution in [0.5, 0.6) is 0 Å². The third-order valence-electron chi connectivity index (χ3n) is 2.52. The second-order valence-electron chi connectivity index (χ2n) is 3.79. The molecule has 0 fully saturated rings. The van der Waals surface area contributed by atoms with E-state index in [0.29, 0.717) is 6.04 Å². The van der Waals surface area contributed by atoms with Gasteiger partial charge in [0.1, 0.15) is 0 Å². The molecule has 92 valence electrons. The van der Waals surface area contributed by atoms with Gasteiger partial charge in [0.25, 0.3) is 0 Å². The fourth-order valence-electron chi connectivity index (χ4n) is 1.70. The van der Waals surface area contributed by atoms with Gasteiger partial charge in [-0.2, -0.15) is 5.10 Å². The van der Waals surface area contributed by atoms with Crippen LogP contribution in [0.15, 0.2) is 10.7 Å². The zero-order valence-corrected chi connectivity index (χ0v) is 11.7. The number of aromatic nitrogens is 2. The minimum Gasteiger partial charge on any atom is -0.385 e. The van der Waals surface area contributed by atoms with E-state index in [1.54, 1.807) is 7.11 Å². The predicted molar refractivity (Wildman–Crippen MR) is 68.4 cm³/mol. The average Bonchev–Trinajstić information content (AvgIpc) is 2.60. The van der Waals surface area contributed by atoms with Crippen molar-refractivity contribution in [3.8, 4) is 0 Å². The Kier molecular flexibility index (Phi) is 6.01. The van der Waals surface area contributed by atoms with Crippen molar-refractivity contribution in [3.63, 3.8) is 0 Å². The van der Waals surface area contributed by atoms with E-state index >= 15 is 0 Å². The van der Waals surface area contributed by atoms with Gasteiger partial charge in [0, 0.05) is 20.8 Å². The van der Waals surface area contributed by atoms with Gasteiger partial charge in [-0.15, -0.1) is 0 Å². The van der Waals surface area contributed by atoms with Crippen molar-refractivity contribution in [1.29, 1.82) is 0 Å². The second kappa shape index (κ2) is 7.04. The molecule has 1 aromatic rings. The number of aryl methyl sites for hydroxylation is 1. The van der Waals surface area contributed by atoms with Crippen molar-refractivity contribution in [2.24, 2.45) is 7.05 Å². The van der Waals surface area contributed by atoms with Crippen LogP contribution in [0.25, 0.3) is 0 Å². The quantitative estimate of drug-likeness (QED) is 0.837. The third-order valence-corrected chi connectivity index (χ3v) is 3.13. The number of nitrogens with one attached hydrogen (secondary N) is 1. The summed E-state index contributed by atoms with van der Waals surface area (Å²) < 4.78 is 8.11. The van der Waals surface area contributed by atoms with Crippen molar-refractivity contribution < 1.29 is 4.74 Å². The Labute approximate surface area is 105 Å². The SMILES string of the molecule is CCCNC(CCOC)c1c(Br)cnn1C. The summed E-state index contributed by atoms with van der Waals surface area (Å²) in [6.07, 6.45) is 3.91. The van der Waals surface area contributed by atoms with Crippen molar-refractivity contribution >= 4 is 15.9 Å². The highest BCUT2D eigenvalue weighted by Crippen LogP contribution is 2.24. The summed E-state index contributed by atoms with van der Waals surface area (Å²) in [4.78, 5) is 0. The molecule has 0 saturated heterocycles. The molecule has 1 heterocycles. The minimum atomic E-state index is 0.293. The third kappa shape index (κ3) is 3.57. The summed E-state index contributed by atoms with van der Waals surface area (Å²) in [6.45, 7) is 3.92. The van der Waals surface area contributed by atoms with Gasteiger partial charge >= 0.3 is 0 Å². The number of ether oxygens (including phenoxy) is 1. The fourth-order valence-corrected chi connectivity index (χ4v) is 2.33. The first-order valence-corrected chi connectivity index (χ1v) is 6.39. The molecule has 1 N–H and O–H groups in total. The van der Waals surface area contributed by atoms with Crippen LogP contribution in [0.2, 0.25) is 0 Å². The highest BCUT2D eigenvalue weighted by Gasteiger charge is 2.17. The van der Waals surface area contributed by atoms with Crippen molar-refractivity contribution in [1.82, 2.24) is 15.1 Å². The van der Waals surface area contributed by atoms with Crippen LogP contribution in [0.3, 0.4) is 0 Å². The number of rotatable bonds is 7. The summed E-state index contributed by atoms with van der Waals surface area (Å²) in [7, 11) is 3.70. The van der Waals surface area contributed by atoms with Crippen molar-refractivity contribution in [2.75, 3.05) is 20.3 Å². The molecule has 0 saturated carbocycles. The Morgan fingerprint density at radius 2 is 2.38 bits per heavy atom. The van der Waals surface area contributed by atoms with Crippen LogP contribution in [0, 0.1) is 0 Å². The van der Waals surface area contributed by atoms with Crippen LogP contribution in [0.4, 0.5) is 0 Å². The molecule has 0 amide bonds. The number of nitrogens with zero attached hydrogens (tertiary/aromatic N) is 2. The maximum Gasteiger partial charge on any atom is 0.0693 e. The molecule has 5 heteroatoms. The lowest BCUT2D eigenvalue weighted by molar-refractivity contribution is 0.181. The van der Waals surface area contributed by atoms with Gasteiger partial charge in [-0.25, -0.2) is 0 Å². The first kappa shape index (κ1) is 13.7. The second-order valence-corrected chi connectivity index (χ2v) is 4.64. The van der Waals surface area contributed by atoms with Crippen LogP contribution < -0.4 is 5.32 Å². The maximum atomic E-state index is 5.15. The normalized spacial score (nSPS) is 13.0. The summed E-state index contributed by atoms with van der Waals surface area (Å²) in [6, 6.07) is 0.293. The predicted octanol–water partition coefficient (Wildman–Crippen LogP) is 2.26. The molecule has 1 unspecified atom stereocenters. The molecule has 0 bridgehead atoms. The van der Waals surface area contributed by atoms with E-state index < -0.39 is 0 Å². The fraction of sp³-hybridized carbons (Fsp3) is 0.727. The average molecular weight is 290 g/mol. The van der Waals surface area contributed by atoms with Gasteiger partial charge in [0.15, 0.2) is 0 Å². The Morgan fingerprint density at radius 3 is 2.88 bits per heavy atom. The number of hydrogen-bond acceptors (Lipinski definition) is 3. The van der Waals surface area contributed by atoms with Gasteiger partial charge in [-0.1, -0.05) is 6.92 Å². The van der Waals surface area contributed by atoms with Gasteiger partial charge in [-0.05, 0) is 35.3 Å². The first-order valence-electron chi connectivity index (χ1n) is 5.60. The molecular formula is C11H20BrN3O. The Balaban J connectivity index is 2.74. The molecule has 0 aromatic carbocycles. The van der Waals surface area contributed by atoms with E-state index in [4.69, 9.17) is 4.74 Å². The lowest BCUT2D eigenvalue weighted by atomic mass is 10.1. The molecular weight excluding hydrogens is 270 g/mol. The van der Waals surface area contributed by atoms with E-state index in [2.05, 4.69) is 33.3 Å². The lowest BCUT2D eigenvalue weighted by Gasteiger charge is -2.19. The van der Waals surface area contributed by atoms with Crippen molar-refractivity contribution in [2.45, 2.75) is 25.8 Å². The highest BCUT2D eigenvalue weighted by molar-refractivity contribution is 9.10. The van der Waals surface area contributed by atoms with Gasteiger partial charge in [0.05, 0.1) is 22.4 Å².